The second-order valence-corrected chi connectivity index (χ2v) is 3.93. The zero-order valence-corrected chi connectivity index (χ0v) is 9.44. The SMILES string of the molecule is CSc1nc2ccccc2cc1OB(O)O. The van der Waals surface area contributed by atoms with Crippen LogP contribution in [0.3, 0.4) is 0 Å². The lowest BCUT2D eigenvalue weighted by Gasteiger charge is -2.09. The summed E-state index contributed by atoms with van der Waals surface area (Å²) in [5, 5.41) is 19.1. The third kappa shape index (κ3) is 2.29. The van der Waals surface area contributed by atoms with Gasteiger partial charge in [-0.15, -0.1) is 11.8 Å². The molecule has 0 fully saturated rings. The number of fused-ring (bicyclic) bond motifs is 1. The molecule has 0 saturated heterocycles. The quantitative estimate of drug-likeness (QED) is 0.620. The summed E-state index contributed by atoms with van der Waals surface area (Å²) in [5.41, 5.74) is 0.853. The van der Waals surface area contributed by atoms with Crippen LogP contribution in [0.25, 0.3) is 10.9 Å². The maximum absolute atomic E-state index is 8.79. The maximum Gasteiger partial charge on any atom is 0.707 e. The predicted molar refractivity (Wildman–Crippen MR) is 64.3 cm³/mol. The summed E-state index contributed by atoms with van der Waals surface area (Å²) in [6.07, 6.45) is 1.85. The molecule has 2 N–H and O–H groups in total. The Labute approximate surface area is 97.5 Å². The zero-order valence-electron chi connectivity index (χ0n) is 8.62. The van der Waals surface area contributed by atoms with Gasteiger partial charge in [-0.2, -0.15) is 0 Å². The molecule has 1 aromatic heterocycles. The van der Waals surface area contributed by atoms with Gasteiger partial charge in [-0.1, -0.05) is 18.2 Å². The second-order valence-electron chi connectivity index (χ2n) is 3.13. The number of para-hydroxylation sites is 1. The predicted octanol–water partition coefficient (Wildman–Crippen LogP) is 1.30. The van der Waals surface area contributed by atoms with Crippen LogP contribution in [0, 0.1) is 0 Å². The number of rotatable bonds is 3. The first-order valence-corrected chi connectivity index (χ1v) is 5.90. The summed E-state index contributed by atoms with van der Waals surface area (Å²) in [4.78, 5) is 4.36. The number of hydrogen-bond acceptors (Lipinski definition) is 5. The van der Waals surface area contributed by atoms with Crippen molar-refractivity contribution in [2.75, 3.05) is 6.26 Å². The molecule has 82 valence electrons. The molecule has 0 bridgehead atoms. The van der Waals surface area contributed by atoms with E-state index >= 15 is 0 Å². The van der Waals surface area contributed by atoms with Crippen LogP contribution in [0.4, 0.5) is 0 Å². The summed E-state index contributed by atoms with van der Waals surface area (Å²) in [6.45, 7) is 0. The van der Waals surface area contributed by atoms with Crippen molar-refractivity contribution < 1.29 is 14.7 Å². The van der Waals surface area contributed by atoms with Crippen LogP contribution in [-0.2, 0) is 0 Å². The molecular formula is C10H10BNO3S. The number of pyridine rings is 1. The van der Waals surface area contributed by atoms with Gasteiger partial charge in [-0.05, 0) is 18.4 Å². The van der Waals surface area contributed by atoms with Gasteiger partial charge in [0.05, 0.1) is 5.52 Å². The van der Waals surface area contributed by atoms with Crippen molar-refractivity contribution in [3.63, 3.8) is 0 Å². The van der Waals surface area contributed by atoms with E-state index in [1.165, 1.54) is 11.8 Å². The first-order chi connectivity index (χ1) is 7.70. The molecule has 6 heteroatoms. The fourth-order valence-corrected chi connectivity index (χ4v) is 1.92. The fourth-order valence-electron chi connectivity index (χ4n) is 1.42. The van der Waals surface area contributed by atoms with E-state index in [-0.39, 0.29) is 0 Å². The van der Waals surface area contributed by atoms with Crippen LogP contribution in [0.1, 0.15) is 0 Å². The van der Waals surface area contributed by atoms with Crippen LogP contribution >= 0.6 is 11.8 Å². The normalized spacial score (nSPS) is 10.4. The van der Waals surface area contributed by atoms with Gasteiger partial charge in [-0.25, -0.2) is 4.98 Å². The van der Waals surface area contributed by atoms with Crippen LogP contribution in [0.15, 0.2) is 35.4 Å². The lowest BCUT2D eigenvalue weighted by Crippen LogP contribution is -2.21. The van der Waals surface area contributed by atoms with Gasteiger partial charge >= 0.3 is 7.32 Å². The molecule has 0 spiro atoms. The summed E-state index contributed by atoms with van der Waals surface area (Å²) in [5.74, 6) is 0.376. The van der Waals surface area contributed by atoms with Crippen LogP contribution in [0.2, 0.25) is 0 Å². The molecule has 0 aliphatic rings. The average molecular weight is 235 g/mol. The highest BCUT2D eigenvalue weighted by Gasteiger charge is 2.15. The first-order valence-electron chi connectivity index (χ1n) is 4.67. The van der Waals surface area contributed by atoms with E-state index in [2.05, 4.69) is 4.98 Å². The minimum Gasteiger partial charge on any atom is -0.510 e. The van der Waals surface area contributed by atoms with Gasteiger partial charge in [0.15, 0.2) is 0 Å². The molecule has 2 rings (SSSR count). The van der Waals surface area contributed by atoms with Gasteiger partial charge in [0.1, 0.15) is 10.8 Å². The van der Waals surface area contributed by atoms with Crippen LogP contribution in [0.5, 0.6) is 5.75 Å². The number of thioether (sulfide) groups is 1. The molecule has 4 nitrogen and oxygen atoms in total. The Kier molecular flexibility index (Phi) is 3.33. The molecule has 16 heavy (non-hydrogen) atoms. The fraction of sp³-hybridized carbons (Fsp3) is 0.100. The highest BCUT2D eigenvalue weighted by molar-refractivity contribution is 7.98. The van der Waals surface area contributed by atoms with Crippen LogP contribution < -0.4 is 4.65 Å². The molecule has 0 saturated carbocycles. The van der Waals surface area contributed by atoms with Crippen molar-refractivity contribution in [1.29, 1.82) is 0 Å². The lowest BCUT2D eigenvalue weighted by molar-refractivity contribution is 0.284. The molecule has 1 heterocycles. The molecule has 0 amide bonds. The monoisotopic (exact) mass is 235 g/mol. The Morgan fingerprint density at radius 2 is 2.06 bits per heavy atom. The Bertz CT molecular complexity index is 506. The van der Waals surface area contributed by atoms with Gasteiger partial charge in [-0.3, -0.25) is 0 Å². The first kappa shape index (κ1) is 11.3. The highest BCUT2D eigenvalue weighted by Crippen LogP contribution is 2.29. The largest absolute Gasteiger partial charge is 0.707 e. The summed E-state index contributed by atoms with van der Waals surface area (Å²) in [6, 6.07) is 9.33. The van der Waals surface area contributed by atoms with Crippen molar-refractivity contribution >= 4 is 30.0 Å². The third-order valence-corrected chi connectivity index (χ3v) is 2.76. The van der Waals surface area contributed by atoms with E-state index in [0.717, 1.165) is 10.9 Å². The third-order valence-electron chi connectivity index (χ3n) is 2.08. The number of hydrogen-bond donors (Lipinski definition) is 2. The Balaban J connectivity index is 2.53. The van der Waals surface area contributed by atoms with E-state index in [1.54, 1.807) is 6.07 Å². The van der Waals surface area contributed by atoms with Crippen LogP contribution in [-0.4, -0.2) is 28.6 Å². The molecule has 0 aliphatic carbocycles. The van der Waals surface area contributed by atoms with Crippen molar-refractivity contribution in [2.45, 2.75) is 5.03 Å². The van der Waals surface area contributed by atoms with E-state index < -0.39 is 7.32 Å². The van der Waals surface area contributed by atoms with Crippen molar-refractivity contribution in [2.24, 2.45) is 0 Å². The molecule has 0 unspecified atom stereocenters. The summed E-state index contributed by atoms with van der Waals surface area (Å²) >= 11 is 1.39. The van der Waals surface area contributed by atoms with E-state index in [0.29, 0.717) is 10.8 Å². The van der Waals surface area contributed by atoms with Gasteiger partial charge < -0.3 is 14.7 Å². The highest BCUT2D eigenvalue weighted by atomic mass is 32.2. The van der Waals surface area contributed by atoms with Crippen molar-refractivity contribution in [3.05, 3.63) is 30.3 Å². The van der Waals surface area contributed by atoms with E-state index in [1.807, 2.05) is 30.5 Å². The van der Waals surface area contributed by atoms with Crippen molar-refractivity contribution in [1.82, 2.24) is 4.98 Å². The molecule has 2 aromatic rings. The minimum absolute atomic E-state index is 0.376. The molecular weight excluding hydrogens is 225 g/mol. The average Bonchev–Trinajstić information content (AvgIpc) is 2.27. The zero-order chi connectivity index (χ0) is 11.5. The van der Waals surface area contributed by atoms with Gasteiger partial charge in [0.2, 0.25) is 0 Å². The second kappa shape index (κ2) is 4.73. The smallest absolute Gasteiger partial charge is 0.510 e. The van der Waals surface area contributed by atoms with E-state index in [4.69, 9.17) is 14.7 Å². The minimum atomic E-state index is -1.83. The number of aromatic nitrogens is 1. The topological polar surface area (TPSA) is 62.6 Å². The Morgan fingerprint density at radius 3 is 2.75 bits per heavy atom. The Morgan fingerprint density at radius 1 is 1.31 bits per heavy atom. The van der Waals surface area contributed by atoms with Gasteiger partial charge in [0.25, 0.3) is 0 Å². The molecule has 1 aromatic carbocycles. The number of benzene rings is 1. The molecule has 0 aliphatic heterocycles. The summed E-state index contributed by atoms with van der Waals surface area (Å²) in [7, 11) is -1.83. The molecule has 0 atom stereocenters. The van der Waals surface area contributed by atoms with E-state index in [9.17, 15) is 0 Å². The number of nitrogens with zero attached hydrogens (tertiary/aromatic N) is 1. The Hall–Kier alpha value is -1.24. The summed E-state index contributed by atoms with van der Waals surface area (Å²) < 4.78 is 4.87. The maximum atomic E-state index is 8.79. The van der Waals surface area contributed by atoms with Crippen molar-refractivity contribution in [3.8, 4) is 5.75 Å². The lowest BCUT2D eigenvalue weighted by atomic mass is 10.2. The van der Waals surface area contributed by atoms with Gasteiger partial charge in [0, 0.05) is 5.39 Å². The molecule has 0 radical (unpaired) electrons. The standard InChI is InChI=1S/C10H10BNO3S/c1-16-10-9(15-11(13)14)6-7-4-2-3-5-8(7)12-10/h2-6,13-14H,1H3.